The van der Waals surface area contributed by atoms with Crippen molar-refractivity contribution in [1.29, 1.82) is 0 Å². The van der Waals surface area contributed by atoms with Crippen molar-refractivity contribution >= 4 is 23.5 Å². The van der Waals surface area contributed by atoms with E-state index in [1.54, 1.807) is 52.5 Å². The van der Waals surface area contributed by atoms with Gasteiger partial charge in [0, 0.05) is 48.8 Å². The molecule has 6 rings (SSSR count). The highest BCUT2D eigenvalue weighted by molar-refractivity contribution is 6.03. The summed E-state index contributed by atoms with van der Waals surface area (Å²) in [6.45, 7) is 1.25. The fourth-order valence-corrected chi connectivity index (χ4v) is 4.13. The van der Waals surface area contributed by atoms with E-state index in [9.17, 15) is 35.9 Å². The van der Waals surface area contributed by atoms with Gasteiger partial charge in [0.1, 0.15) is 5.82 Å². The minimum absolute atomic E-state index is 0.122. The summed E-state index contributed by atoms with van der Waals surface area (Å²) in [6, 6.07) is 18.3. The van der Waals surface area contributed by atoms with Gasteiger partial charge in [-0.2, -0.15) is 36.5 Å². The number of halogens is 6. The van der Waals surface area contributed by atoms with Gasteiger partial charge in [-0.15, -0.1) is 0 Å². The third-order valence-electron chi connectivity index (χ3n) is 6.67. The van der Waals surface area contributed by atoms with E-state index in [-0.39, 0.29) is 11.1 Å². The number of aromatic carboxylic acids is 1. The van der Waals surface area contributed by atoms with Gasteiger partial charge in [0.15, 0.2) is 5.82 Å². The zero-order valence-corrected chi connectivity index (χ0v) is 26.3. The van der Waals surface area contributed by atoms with Gasteiger partial charge in [-0.1, -0.05) is 0 Å². The van der Waals surface area contributed by atoms with E-state index in [4.69, 9.17) is 10.8 Å². The van der Waals surface area contributed by atoms with Crippen LogP contribution in [0.3, 0.4) is 0 Å². The highest BCUT2D eigenvalue weighted by Crippen LogP contribution is 2.30. The third kappa shape index (κ3) is 11.8. The molecule has 4 heterocycles. The summed E-state index contributed by atoms with van der Waals surface area (Å²) in [6.07, 6.45) is 1.58. The number of aromatic nitrogens is 6. The van der Waals surface area contributed by atoms with Crippen molar-refractivity contribution in [3.05, 3.63) is 155 Å². The van der Waals surface area contributed by atoms with Gasteiger partial charge >= 0.3 is 18.3 Å². The molecule has 264 valence electrons. The van der Waals surface area contributed by atoms with Gasteiger partial charge in [-0.05, 0) is 90.0 Å². The maximum atomic E-state index is 12.5. The number of carbonyl (C=O) groups excluding carboxylic acids is 1. The van der Waals surface area contributed by atoms with E-state index in [1.165, 1.54) is 0 Å². The van der Waals surface area contributed by atoms with E-state index in [2.05, 4.69) is 25.5 Å². The molecule has 4 aromatic heterocycles. The Morgan fingerprint density at radius 3 is 1.47 bits per heavy atom. The third-order valence-corrected chi connectivity index (χ3v) is 6.67. The lowest BCUT2D eigenvalue weighted by molar-refractivity contribution is -0.138. The molecule has 0 aliphatic rings. The van der Waals surface area contributed by atoms with E-state index in [0.717, 1.165) is 66.2 Å². The number of carboxylic acids is 1. The fraction of sp³-hybridized carbons (Fsp3) is 0.118. The van der Waals surface area contributed by atoms with Crippen molar-refractivity contribution in [2.24, 2.45) is 0 Å². The first-order chi connectivity index (χ1) is 24.2. The second kappa shape index (κ2) is 16.7. The lowest BCUT2D eigenvalue weighted by atomic mass is 10.1. The molecule has 0 spiro atoms. The van der Waals surface area contributed by atoms with Crippen LogP contribution in [0.1, 0.15) is 43.0 Å². The lowest BCUT2D eigenvalue weighted by Gasteiger charge is -2.07. The van der Waals surface area contributed by atoms with Gasteiger partial charge in [0.05, 0.1) is 29.8 Å². The number of hydrogen-bond acceptors (Lipinski definition) is 7. The van der Waals surface area contributed by atoms with E-state index < -0.39 is 35.4 Å². The van der Waals surface area contributed by atoms with Gasteiger partial charge in [0.2, 0.25) is 0 Å². The van der Waals surface area contributed by atoms with Crippen LogP contribution in [-0.2, 0) is 25.4 Å². The average molecular weight is 711 g/mol. The highest BCUT2D eigenvalue weighted by Gasteiger charge is 2.31. The predicted octanol–water partition coefficient (Wildman–Crippen LogP) is 6.91. The minimum Gasteiger partial charge on any atom is -0.478 e. The molecule has 0 aliphatic carbocycles. The summed E-state index contributed by atoms with van der Waals surface area (Å²) in [4.78, 5) is 30.2. The maximum Gasteiger partial charge on any atom is 0.416 e. The van der Waals surface area contributed by atoms with Crippen LogP contribution in [0.15, 0.2) is 122 Å². The standard InChI is InChI=1S/C17H13F3N4O.C9H10N4.C8H5F3O2/c18-17(19,20)14-3-1-13(2-4-14)16(25)22-15-7-10-24(23-15)11-12-5-8-21-9-6-12;10-9-3-6-13(12-9)7-8-1-4-11-5-2-8;9-8(10,11)6-3-1-5(2-4-6)7(12)13/h1-10H,11H2,(H,22,23,25);1-6H,7H2,(H2,10,12);1-4H,(H,12,13). The number of nitrogens with one attached hydrogen (secondary N) is 1. The number of nitrogens with zero attached hydrogens (tertiary/aromatic N) is 6. The van der Waals surface area contributed by atoms with Crippen molar-refractivity contribution < 1.29 is 41.0 Å². The normalized spacial score (nSPS) is 11.0. The average Bonchev–Trinajstić information content (AvgIpc) is 3.73. The summed E-state index contributed by atoms with van der Waals surface area (Å²) < 4.78 is 76.9. The molecule has 51 heavy (non-hydrogen) atoms. The van der Waals surface area contributed by atoms with Crippen LogP contribution < -0.4 is 11.1 Å². The number of nitrogen functional groups attached to an aromatic ring is 1. The number of carbonyl (C=O) groups is 2. The van der Waals surface area contributed by atoms with Crippen molar-refractivity contribution in [2.75, 3.05) is 11.1 Å². The summed E-state index contributed by atoms with van der Waals surface area (Å²) in [5.41, 5.74) is 5.96. The Labute approximate surface area is 286 Å². The Morgan fingerprint density at radius 2 is 1.06 bits per heavy atom. The number of amides is 1. The summed E-state index contributed by atoms with van der Waals surface area (Å²) >= 11 is 0. The highest BCUT2D eigenvalue weighted by atomic mass is 19.4. The van der Waals surface area contributed by atoms with Crippen LogP contribution in [-0.4, -0.2) is 46.5 Å². The largest absolute Gasteiger partial charge is 0.478 e. The number of anilines is 2. The van der Waals surface area contributed by atoms with Crippen molar-refractivity contribution in [1.82, 2.24) is 29.5 Å². The lowest BCUT2D eigenvalue weighted by Crippen LogP contribution is -2.13. The van der Waals surface area contributed by atoms with E-state index >= 15 is 0 Å². The molecule has 0 fully saturated rings. The van der Waals surface area contributed by atoms with Gasteiger partial charge < -0.3 is 16.2 Å². The molecule has 1 amide bonds. The molecular weight excluding hydrogens is 682 g/mol. The smallest absolute Gasteiger partial charge is 0.416 e. The number of rotatable bonds is 7. The van der Waals surface area contributed by atoms with Crippen LogP contribution in [0.2, 0.25) is 0 Å². The number of benzene rings is 2. The van der Waals surface area contributed by atoms with Gasteiger partial charge in [-0.3, -0.25) is 24.1 Å². The Bertz CT molecular complexity index is 2000. The van der Waals surface area contributed by atoms with Crippen molar-refractivity contribution in [2.45, 2.75) is 25.4 Å². The zero-order valence-electron chi connectivity index (χ0n) is 26.3. The molecule has 17 heteroatoms. The number of carboxylic acid groups (broad SMARTS) is 1. The first-order valence-electron chi connectivity index (χ1n) is 14.7. The monoisotopic (exact) mass is 710 g/mol. The Hall–Kier alpha value is -6.52. The molecule has 0 saturated heterocycles. The summed E-state index contributed by atoms with van der Waals surface area (Å²) in [5, 5.41) is 19.2. The molecule has 2 aromatic carbocycles. The zero-order chi connectivity index (χ0) is 37.0. The summed E-state index contributed by atoms with van der Waals surface area (Å²) in [5.74, 6) is -0.898. The first kappa shape index (κ1) is 37.3. The molecule has 0 saturated carbocycles. The molecule has 0 unspecified atom stereocenters. The predicted molar refractivity (Wildman–Crippen MR) is 173 cm³/mol. The molecule has 0 radical (unpaired) electrons. The minimum atomic E-state index is -4.43. The Balaban J connectivity index is 0.000000189. The first-order valence-corrected chi connectivity index (χ1v) is 14.7. The molecule has 6 aromatic rings. The van der Waals surface area contributed by atoms with Crippen molar-refractivity contribution in [3.63, 3.8) is 0 Å². The van der Waals surface area contributed by atoms with Crippen LogP contribution in [0.5, 0.6) is 0 Å². The second-order valence-corrected chi connectivity index (χ2v) is 10.5. The number of pyridine rings is 2. The molecule has 0 aliphatic heterocycles. The Morgan fingerprint density at radius 1 is 0.627 bits per heavy atom. The molecule has 11 nitrogen and oxygen atoms in total. The number of hydrogen-bond donors (Lipinski definition) is 3. The fourth-order valence-electron chi connectivity index (χ4n) is 4.13. The topological polar surface area (TPSA) is 154 Å². The summed E-state index contributed by atoms with van der Waals surface area (Å²) in [7, 11) is 0. The van der Waals surface area contributed by atoms with Crippen LogP contribution >= 0.6 is 0 Å². The second-order valence-electron chi connectivity index (χ2n) is 10.5. The quantitative estimate of drug-likeness (QED) is 0.151. The molecular formula is C34H28F6N8O3. The van der Waals surface area contributed by atoms with Gasteiger partial charge in [0.25, 0.3) is 5.91 Å². The maximum absolute atomic E-state index is 12.5. The Kier molecular flexibility index (Phi) is 12.2. The van der Waals surface area contributed by atoms with Gasteiger partial charge in [-0.25, -0.2) is 4.79 Å². The SMILES string of the molecule is Nc1ccn(Cc2ccncc2)n1.O=C(Nc1ccn(Cc2ccncc2)n1)c1ccc(C(F)(F)F)cc1.O=C(O)c1ccc(C(F)(F)F)cc1. The van der Waals surface area contributed by atoms with E-state index in [0.29, 0.717) is 18.2 Å². The van der Waals surface area contributed by atoms with Crippen LogP contribution in [0.4, 0.5) is 38.0 Å². The van der Waals surface area contributed by atoms with Crippen molar-refractivity contribution in [3.8, 4) is 0 Å². The van der Waals surface area contributed by atoms with E-state index in [1.807, 2.05) is 30.5 Å². The molecule has 0 bridgehead atoms. The van der Waals surface area contributed by atoms with Crippen LogP contribution in [0.25, 0.3) is 0 Å². The van der Waals surface area contributed by atoms with Crippen LogP contribution in [0, 0.1) is 0 Å². The number of nitrogens with two attached hydrogens (primary N) is 1. The molecule has 0 atom stereocenters. The molecule has 4 N–H and O–H groups in total. The number of alkyl halides is 6.